The van der Waals surface area contributed by atoms with E-state index in [0.717, 1.165) is 6.07 Å². The molecule has 1 rings (SSSR count). The second kappa shape index (κ2) is 3.92. The maximum absolute atomic E-state index is 13.1. The van der Waals surface area contributed by atoms with E-state index >= 15 is 0 Å². The molecular formula is C10H8F4O. The molecule has 1 aromatic carbocycles. The van der Waals surface area contributed by atoms with E-state index in [1.165, 1.54) is 7.11 Å². The highest BCUT2D eigenvalue weighted by molar-refractivity contribution is 5.58. The number of halogens is 4. The molecule has 0 aliphatic heterocycles. The van der Waals surface area contributed by atoms with E-state index in [4.69, 9.17) is 0 Å². The van der Waals surface area contributed by atoms with Gasteiger partial charge < -0.3 is 4.74 Å². The molecule has 0 bridgehead atoms. The van der Waals surface area contributed by atoms with Crippen molar-refractivity contribution < 1.29 is 22.3 Å². The van der Waals surface area contributed by atoms with Crippen molar-refractivity contribution >= 4 is 5.76 Å². The lowest BCUT2D eigenvalue weighted by molar-refractivity contribution is -0.137. The van der Waals surface area contributed by atoms with E-state index in [2.05, 4.69) is 11.3 Å². The number of hydrogen-bond acceptors (Lipinski definition) is 1. The minimum absolute atomic E-state index is 0.140. The third-order valence-electron chi connectivity index (χ3n) is 1.84. The zero-order valence-electron chi connectivity index (χ0n) is 7.86. The van der Waals surface area contributed by atoms with Crippen molar-refractivity contribution in [1.29, 1.82) is 0 Å². The summed E-state index contributed by atoms with van der Waals surface area (Å²) in [6.07, 6.45) is -4.50. The number of ether oxygens (including phenoxy) is 1. The van der Waals surface area contributed by atoms with Gasteiger partial charge in [-0.1, -0.05) is 6.58 Å². The van der Waals surface area contributed by atoms with Crippen LogP contribution >= 0.6 is 0 Å². The number of hydrogen-bond donors (Lipinski definition) is 0. The van der Waals surface area contributed by atoms with Crippen molar-refractivity contribution in [3.63, 3.8) is 0 Å². The zero-order valence-corrected chi connectivity index (χ0v) is 7.86. The second-order valence-corrected chi connectivity index (χ2v) is 2.82. The van der Waals surface area contributed by atoms with Gasteiger partial charge in [-0.05, 0) is 18.2 Å². The van der Waals surface area contributed by atoms with Crippen molar-refractivity contribution in [3.05, 3.63) is 41.7 Å². The molecule has 1 aromatic rings. The summed E-state index contributed by atoms with van der Waals surface area (Å²) in [6, 6.07) is 2.07. The molecule has 15 heavy (non-hydrogen) atoms. The van der Waals surface area contributed by atoms with Crippen LogP contribution < -0.4 is 0 Å². The van der Waals surface area contributed by atoms with E-state index in [1.807, 2.05) is 0 Å². The third-order valence-corrected chi connectivity index (χ3v) is 1.84. The Bertz CT molecular complexity index is 381. The van der Waals surface area contributed by atoms with Gasteiger partial charge in [-0.15, -0.1) is 0 Å². The minimum atomic E-state index is -4.50. The second-order valence-electron chi connectivity index (χ2n) is 2.82. The fourth-order valence-corrected chi connectivity index (χ4v) is 1.03. The maximum atomic E-state index is 13.1. The first-order chi connectivity index (χ1) is 6.86. The van der Waals surface area contributed by atoms with Crippen LogP contribution in [-0.2, 0) is 10.9 Å². The van der Waals surface area contributed by atoms with E-state index in [9.17, 15) is 17.6 Å². The van der Waals surface area contributed by atoms with Gasteiger partial charge in [0.1, 0.15) is 11.6 Å². The summed E-state index contributed by atoms with van der Waals surface area (Å²) in [6.45, 7) is 3.30. The molecule has 0 heterocycles. The van der Waals surface area contributed by atoms with Crippen LogP contribution in [-0.4, -0.2) is 7.11 Å². The summed E-state index contributed by atoms with van der Waals surface area (Å²) in [5.41, 5.74) is -1.22. The Morgan fingerprint density at radius 2 is 1.93 bits per heavy atom. The average Bonchev–Trinajstić information content (AvgIpc) is 2.15. The maximum Gasteiger partial charge on any atom is 0.416 e. The van der Waals surface area contributed by atoms with Crippen LogP contribution in [0.5, 0.6) is 0 Å². The molecule has 82 valence electrons. The van der Waals surface area contributed by atoms with Crippen LogP contribution in [0.15, 0.2) is 24.8 Å². The van der Waals surface area contributed by atoms with Crippen molar-refractivity contribution in [2.45, 2.75) is 6.18 Å². The molecule has 0 fully saturated rings. The molecule has 5 heteroatoms. The first-order valence-electron chi connectivity index (χ1n) is 3.96. The minimum Gasteiger partial charge on any atom is -0.497 e. The van der Waals surface area contributed by atoms with Gasteiger partial charge in [-0.25, -0.2) is 4.39 Å². The predicted molar refractivity (Wildman–Crippen MR) is 47.4 cm³/mol. The van der Waals surface area contributed by atoms with Crippen LogP contribution in [0.25, 0.3) is 5.76 Å². The zero-order chi connectivity index (χ0) is 11.6. The molecule has 0 N–H and O–H groups in total. The molecule has 0 unspecified atom stereocenters. The Kier molecular flexibility index (Phi) is 3.02. The molecule has 0 amide bonds. The monoisotopic (exact) mass is 220 g/mol. The first kappa shape index (κ1) is 11.6. The summed E-state index contributed by atoms with van der Waals surface area (Å²) in [5.74, 6) is -0.937. The molecule has 0 aromatic heterocycles. The SMILES string of the molecule is C=C(OC)c1cc(C(F)(F)F)ccc1F. The summed E-state index contributed by atoms with van der Waals surface area (Å²) >= 11 is 0. The molecule has 0 spiro atoms. The molecule has 0 saturated carbocycles. The Morgan fingerprint density at radius 1 is 1.33 bits per heavy atom. The highest BCUT2D eigenvalue weighted by atomic mass is 19.4. The van der Waals surface area contributed by atoms with Gasteiger partial charge in [0.05, 0.1) is 18.2 Å². The fourth-order valence-electron chi connectivity index (χ4n) is 1.03. The molecule has 0 aliphatic rings. The van der Waals surface area contributed by atoms with Gasteiger partial charge in [0, 0.05) is 0 Å². The number of methoxy groups -OCH3 is 1. The smallest absolute Gasteiger partial charge is 0.416 e. The Hall–Kier alpha value is -1.52. The summed E-state index contributed by atoms with van der Waals surface area (Å²) in [4.78, 5) is 0. The van der Waals surface area contributed by atoms with Gasteiger partial charge in [-0.3, -0.25) is 0 Å². The normalized spacial score (nSPS) is 11.3. The summed E-state index contributed by atoms with van der Waals surface area (Å²) in [7, 11) is 1.21. The van der Waals surface area contributed by atoms with Gasteiger partial charge in [0.2, 0.25) is 0 Å². The topological polar surface area (TPSA) is 9.23 Å². The van der Waals surface area contributed by atoms with Gasteiger partial charge in [0.25, 0.3) is 0 Å². The van der Waals surface area contributed by atoms with Crippen LogP contribution in [0.2, 0.25) is 0 Å². The molecule has 0 atom stereocenters. The van der Waals surface area contributed by atoms with Crippen molar-refractivity contribution in [2.24, 2.45) is 0 Å². The lowest BCUT2D eigenvalue weighted by atomic mass is 10.1. The largest absolute Gasteiger partial charge is 0.497 e. The van der Waals surface area contributed by atoms with Gasteiger partial charge in [-0.2, -0.15) is 13.2 Å². The molecule has 1 nitrogen and oxygen atoms in total. The van der Waals surface area contributed by atoms with E-state index in [-0.39, 0.29) is 11.3 Å². The molecule has 0 radical (unpaired) electrons. The summed E-state index contributed by atoms with van der Waals surface area (Å²) < 4.78 is 54.5. The van der Waals surface area contributed by atoms with Crippen molar-refractivity contribution in [2.75, 3.05) is 7.11 Å². The Morgan fingerprint density at radius 3 is 2.40 bits per heavy atom. The van der Waals surface area contributed by atoms with E-state index in [1.54, 1.807) is 0 Å². The van der Waals surface area contributed by atoms with Crippen LogP contribution in [0, 0.1) is 5.82 Å². The van der Waals surface area contributed by atoms with Gasteiger partial charge in [0.15, 0.2) is 0 Å². The van der Waals surface area contributed by atoms with E-state index in [0.29, 0.717) is 12.1 Å². The highest BCUT2D eigenvalue weighted by Gasteiger charge is 2.31. The Balaban J connectivity index is 3.23. The van der Waals surface area contributed by atoms with E-state index < -0.39 is 17.6 Å². The van der Waals surface area contributed by atoms with Crippen molar-refractivity contribution in [3.8, 4) is 0 Å². The highest BCUT2D eigenvalue weighted by Crippen LogP contribution is 2.31. The standard InChI is InChI=1S/C10H8F4O/c1-6(15-2)8-5-7(10(12,13)14)3-4-9(8)11/h3-5H,1H2,2H3. The van der Waals surface area contributed by atoms with Crippen LogP contribution in [0.3, 0.4) is 0 Å². The first-order valence-corrected chi connectivity index (χ1v) is 3.96. The number of benzene rings is 1. The van der Waals surface area contributed by atoms with Crippen molar-refractivity contribution in [1.82, 2.24) is 0 Å². The van der Waals surface area contributed by atoms with Crippen LogP contribution in [0.4, 0.5) is 17.6 Å². The average molecular weight is 220 g/mol. The number of rotatable bonds is 2. The molecule has 0 saturated heterocycles. The lowest BCUT2D eigenvalue weighted by Crippen LogP contribution is -2.06. The molecular weight excluding hydrogens is 212 g/mol. The fraction of sp³-hybridized carbons (Fsp3) is 0.200. The Labute approximate surface area is 84.0 Å². The quantitative estimate of drug-likeness (QED) is 0.547. The lowest BCUT2D eigenvalue weighted by Gasteiger charge is -2.10. The van der Waals surface area contributed by atoms with Crippen LogP contribution in [0.1, 0.15) is 11.1 Å². The predicted octanol–water partition coefficient (Wildman–Crippen LogP) is 3.46. The third kappa shape index (κ3) is 2.49. The van der Waals surface area contributed by atoms with Gasteiger partial charge >= 0.3 is 6.18 Å². The number of alkyl halides is 3. The summed E-state index contributed by atoms with van der Waals surface area (Å²) in [5, 5.41) is 0. The molecule has 0 aliphatic carbocycles.